The molecule has 0 bridgehead atoms. The lowest BCUT2D eigenvalue weighted by Gasteiger charge is -2.43. The molecule has 0 amide bonds. The van der Waals surface area contributed by atoms with Crippen molar-refractivity contribution in [3.8, 4) is 0 Å². The summed E-state index contributed by atoms with van der Waals surface area (Å²) >= 11 is 0. The highest BCUT2D eigenvalue weighted by molar-refractivity contribution is 5.20. The van der Waals surface area contributed by atoms with Crippen molar-refractivity contribution in [2.45, 2.75) is 84.1 Å². The van der Waals surface area contributed by atoms with E-state index in [0.717, 1.165) is 19.3 Å². The Morgan fingerprint density at radius 3 is 2.47 bits per heavy atom. The quantitative estimate of drug-likeness (QED) is 0.430. The summed E-state index contributed by atoms with van der Waals surface area (Å²) in [5.41, 5.74) is 1.96. The van der Waals surface area contributed by atoms with E-state index in [1.807, 2.05) is 26.0 Å². The summed E-state index contributed by atoms with van der Waals surface area (Å²) in [6, 6.07) is 0. The van der Waals surface area contributed by atoms with Gasteiger partial charge < -0.3 is 24.8 Å². The zero-order chi connectivity index (χ0) is 22.7. The molecule has 1 saturated heterocycles. The maximum absolute atomic E-state index is 10.1. The van der Waals surface area contributed by atoms with Crippen LogP contribution in [-0.4, -0.2) is 52.1 Å². The van der Waals surface area contributed by atoms with Crippen LogP contribution >= 0.6 is 0 Å². The molecule has 0 spiro atoms. The van der Waals surface area contributed by atoms with E-state index in [9.17, 15) is 15.3 Å². The SMILES string of the molecule is C=C[C@@]1(C)CCC(/C(C)=C/C=C/C(C)(C)O[C@H]2OC[C@@H](O)[C@@H](O)[C@@H]2O)C[C@@H]1C(=C)C. The smallest absolute Gasteiger partial charge is 0.187 e. The van der Waals surface area contributed by atoms with Crippen LogP contribution in [0.1, 0.15) is 53.9 Å². The minimum absolute atomic E-state index is 0.0725. The summed E-state index contributed by atoms with van der Waals surface area (Å²) in [5, 5.41) is 29.5. The third kappa shape index (κ3) is 5.92. The van der Waals surface area contributed by atoms with Gasteiger partial charge in [0, 0.05) is 0 Å². The summed E-state index contributed by atoms with van der Waals surface area (Å²) < 4.78 is 11.2. The van der Waals surface area contributed by atoms with Crippen LogP contribution < -0.4 is 0 Å². The highest BCUT2D eigenvalue weighted by Gasteiger charge is 2.40. The first kappa shape index (κ1) is 25.0. The molecule has 1 aliphatic carbocycles. The second-order valence-electron chi connectivity index (χ2n) is 9.82. The second kappa shape index (κ2) is 9.92. The van der Waals surface area contributed by atoms with E-state index < -0.39 is 30.2 Å². The van der Waals surface area contributed by atoms with Gasteiger partial charge in [0.05, 0.1) is 12.2 Å². The molecule has 2 rings (SSSR count). The lowest BCUT2D eigenvalue weighted by Crippen LogP contribution is -2.55. The van der Waals surface area contributed by atoms with Crippen molar-refractivity contribution in [2.24, 2.45) is 17.3 Å². The van der Waals surface area contributed by atoms with Crippen molar-refractivity contribution in [3.05, 3.63) is 48.6 Å². The summed E-state index contributed by atoms with van der Waals surface area (Å²) in [6.45, 7) is 18.5. The van der Waals surface area contributed by atoms with E-state index >= 15 is 0 Å². The van der Waals surface area contributed by atoms with Gasteiger partial charge in [0.15, 0.2) is 6.29 Å². The topological polar surface area (TPSA) is 79.2 Å². The average Bonchev–Trinajstić information content (AvgIpc) is 2.68. The van der Waals surface area contributed by atoms with Gasteiger partial charge in [-0.25, -0.2) is 0 Å². The van der Waals surface area contributed by atoms with Crippen molar-refractivity contribution in [3.63, 3.8) is 0 Å². The number of ether oxygens (including phenoxy) is 2. The molecule has 1 unspecified atom stereocenters. The van der Waals surface area contributed by atoms with Crippen molar-refractivity contribution in [2.75, 3.05) is 6.61 Å². The minimum Gasteiger partial charge on any atom is -0.388 e. The fourth-order valence-corrected chi connectivity index (χ4v) is 4.54. The summed E-state index contributed by atoms with van der Waals surface area (Å²) in [6.07, 6.45) is 6.76. The van der Waals surface area contributed by atoms with E-state index in [1.165, 1.54) is 11.1 Å². The molecule has 0 aromatic heterocycles. The number of allylic oxidation sites excluding steroid dienone is 5. The molecule has 0 aromatic rings. The first-order valence-corrected chi connectivity index (χ1v) is 10.9. The van der Waals surface area contributed by atoms with Crippen molar-refractivity contribution in [1.82, 2.24) is 0 Å². The van der Waals surface area contributed by atoms with E-state index in [0.29, 0.717) is 11.8 Å². The van der Waals surface area contributed by atoms with Gasteiger partial charge in [-0.15, -0.1) is 6.58 Å². The van der Waals surface area contributed by atoms with Gasteiger partial charge in [-0.2, -0.15) is 0 Å². The maximum Gasteiger partial charge on any atom is 0.187 e. The highest BCUT2D eigenvalue weighted by atomic mass is 16.7. The molecule has 5 nitrogen and oxygen atoms in total. The van der Waals surface area contributed by atoms with E-state index in [2.05, 4.69) is 46.1 Å². The van der Waals surface area contributed by atoms with Crippen LogP contribution in [0.25, 0.3) is 0 Å². The van der Waals surface area contributed by atoms with Crippen molar-refractivity contribution in [1.29, 1.82) is 0 Å². The van der Waals surface area contributed by atoms with Crippen LogP contribution in [0.4, 0.5) is 0 Å². The summed E-state index contributed by atoms with van der Waals surface area (Å²) in [5.74, 6) is 0.945. The molecule has 170 valence electrons. The van der Waals surface area contributed by atoms with Gasteiger partial charge in [0.2, 0.25) is 0 Å². The standard InChI is InChI=1S/C25H40O5/c1-8-25(7)13-11-18(14-19(25)16(2)3)17(4)10-9-12-24(5,6)30-23-22(28)21(27)20(26)15-29-23/h8-10,12,18-23,26-28H,1-2,11,13-15H2,3-7H3/b12-9+,17-10+/t18?,19-,20-,21-,22+,23-,25+/m1/s1. The molecular weight excluding hydrogens is 380 g/mol. The fraction of sp³-hybridized carbons (Fsp3) is 0.680. The molecule has 2 fully saturated rings. The lowest BCUT2D eigenvalue weighted by atomic mass is 9.61. The summed E-state index contributed by atoms with van der Waals surface area (Å²) in [7, 11) is 0. The van der Waals surface area contributed by atoms with Crippen LogP contribution in [0.3, 0.4) is 0 Å². The zero-order valence-electron chi connectivity index (χ0n) is 19.2. The minimum atomic E-state index is -1.29. The Morgan fingerprint density at radius 2 is 1.87 bits per heavy atom. The van der Waals surface area contributed by atoms with Crippen molar-refractivity contribution >= 4 is 0 Å². The number of hydrogen-bond acceptors (Lipinski definition) is 5. The van der Waals surface area contributed by atoms with Gasteiger partial charge in [0.1, 0.15) is 18.3 Å². The number of rotatable bonds is 7. The van der Waals surface area contributed by atoms with Gasteiger partial charge in [-0.1, -0.05) is 49.0 Å². The molecule has 2 aliphatic rings. The van der Waals surface area contributed by atoms with Crippen molar-refractivity contribution < 1.29 is 24.8 Å². The highest BCUT2D eigenvalue weighted by Crippen LogP contribution is 2.48. The summed E-state index contributed by atoms with van der Waals surface area (Å²) in [4.78, 5) is 0. The largest absolute Gasteiger partial charge is 0.388 e. The first-order chi connectivity index (χ1) is 13.9. The first-order valence-electron chi connectivity index (χ1n) is 10.9. The van der Waals surface area contributed by atoms with Gasteiger partial charge in [0.25, 0.3) is 0 Å². The third-order valence-electron chi connectivity index (χ3n) is 6.78. The predicted molar refractivity (Wildman–Crippen MR) is 120 cm³/mol. The maximum atomic E-state index is 10.1. The molecule has 5 heteroatoms. The van der Waals surface area contributed by atoms with Crippen LogP contribution in [0, 0.1) is 17.3 Å². The monoisotopic (exact) mass is 420 g/mol. The molecule has 1 saturated carbocycles. The molecule has 0 radical (unpaired) electrons. The molecule has 3 N–H and O–H groups in total. The van der Waals surface area contributed by atoms with Crippen LogP contribution in [-0.2, 0) is 9.47 Å². The number of hydrogen-bond donors (Lipinski definition) is 3. The van der Waals surface area contributed by atoms with Gasteiger partial charge >= 0.3 is 0 Å². The Morgan fingerprint density at radius 1 is 1.20 bits per heavy atom. The lowest BCUT2D eigenvalue weighted by molar-refractivity contribution is -0.289. The van der Waals surface area contributed by atoms with E-state index in [-0.39, 0.29) is 12.0 Å². The second-order valence-corrected chi connectivity index (χ2v) is 9.82. The Labute approximate surface area is 181 Å². The predicted octanol–water partition coefficient (Wildman–Crippen LogP) is 3.91. The normalized spacial score (nSPS) is 38.6. The molecule has 30 heavy (non-hydrogen) atoms. The van der Waals surface area contributed by atoms with E-state index in [4.69, 9.17) is 9.47 Å². The van der Waals surface area contributed by atoms with Gasteiger partial charge in [-0.3, -0.25) is 0 Å². The Kier molecular flexibility index (Phi) is 8.28. The molecule has 1 heterocycles. The number of aliphatic hydroxyl groups is 3. The number of aliphatic hydroxyl groups excluding tert-OH is 3. The fourth-order valence-electron chi connectivity index (χ4n) is 4.54. The average molecular weight is 421 g/mol. The Bertz CT molecular complexity index is 679. The van der Waals surface area contributed by atoms with Crippen LogP contribution in [0.5, 0.6) is 0 Å². The Hall–Kier alpha value is -1.24. The van der Waals surface area contributed by atoms with Crippen LogP contribution in [0.2, 0.25) is 0 Å². The van der Waals surface area contributed by atoms with Gasteiger partial charge in [-0.05, 0) is 64.2 Å². The van der Waals surface area contributed by atoms with Crippen LogP contribution in [0.15, 0.2) is 48.6 Å². The molecular formula is C25H40O5. The third-order valence-corrected chi connectivity index (χ3v) is 6.78. The Balaban J connectivity index is 2.00. The molecule has 7 atom stereocenters. The molecule has 1 aliphatic heterocycles. The molecule has 0 aromatic carbocycles. The van der Waals surface area contributed by atoms with E-state index in [1.54, 1.807) is 0 Å². The zero-order valence-corrected chi connectivity index (χ0v) is 19.2.